The molecular formula is C20H22N4O3S2. The average Bonchev–Trinajstić information content (AvgIpc) is 3.13. The van der Waals surface area contributed by atoms with Gasteiger partial charge in [0.15, 0.2) is 5.13 Å². The van der Waals surface area contributed by atoms with Gasteiger partial charge >= 0.3 is 0 Å². The van der Waals surface area contributed by atoms with E-state index >= 15 is 0 Å². The number of sulfonamides is 1. The van der Waals surface area contributed by atoms with Crippen LogP contribution in [0.25, 0.3) is 0 Å². The van der Waals surface area contributed by atoms with E-state index in [1.54, 1.807) is 12.1 Å². The van der Waals surface area contributed by atoms with Crippen molar-refractivity contribution in [3.8, 4) is 0 Å². The number of hydrogen-bond acceptors (Lipinski definition) is 6. The maximum atomic E-state index is 12.2. The molecule has 3 rings (SSSR count). The summed E-state index contributed by atoms with van der Waals surface area (Å²) >= 11 is 1.44. The Balaban J connectivity index is 1.50. The fourth-order valence-electron chi connectivity index (χ4n) is 2.62. The minimum atomic E-state index is -3.72. The molecule has 29 heavy (non-hydrogen) atoms. The summed E-state index contributed by atoms with van der Waals surface area (Å²) in [5.74, 6) is -0.162. The van der Waals surface area contributed by atoms with Gasteiger partial charge in [0.2, 0.25) is 15.9 Å². The number of rotatable bonds is 8. The molecule has 0 spiro atoms. The zero-order valence-corrected chi connectivity index (χ0v) is 17.5. The number of amides is 1. The van der Waals surface area contributed by atoms with Gasteiger partial charge in [0.25, 0.3) is 0 Å². The molecule has 0 unspecified atom stereocenters. The molecule has 152 valence electrons. The summed E-state index contributed by atoms with van der Waals surface area (Å²) in [7, 11) is -3.72. The molecule has 9 heteroatoms. The predicted octanol–water partition coefficient (Wildman–Crippen LogP) is 2.96. The van der Waals surface area contributed by atoms with Gasteiger partial charge in [0.1, 0.15) is 0 Å². The van der Waals surface area contributed by atoms with Crippen LogP contribution in [0, 0.1) is 0 Å². The van der Waals surface area contributed by atoms with Crippen LogP contribution in [0.15, 0.2) is 58.8 Å². The van der Waals surface area contributed by atoms with E-state index in [0.29, 0.717) is 12.2 Å². The first-order chi connectivity index (χ1) is 13.8. The van der Waals surface area contributed by atoms with Crippen molar-refractivity contribution >= 4 is 38.1 Å². The number of aromatic nitrogens is 1. The van der Waals surface area contributed by atoms with Crippen LogP contribution >= 0.6 is 11.3 Å². The number of carbonyl (C=O) groups excluding carboxylic acids is 1. The Hall–Kier alpha value is -2.75. The third-order valence-corrected chi connectivity index (χ3v) is 5.98. The third kappa shape index (κ3) is 6.11. The lowest BCUT2D eigenvalue weighted by Gasteiger charge is -2.05. The Morgan fingerprint density at radius 3 is 2.34 bits per heavy atom. The monoisotopic (exact) mass is 430 g/mol. The van der Waals surface area contributed by atoms with Crippen molar-refractivity contribution < 1.29 is 13.2 Å². The minimum absolute atomic E-state index is 0.0411. The Morgan fingerprint density at radius 2 is 1.72 bits per heavy atom. The second kappa shape index (κ2) is 9.17. The van der Waals surface area contributed by atoms with Gasteiger partial charge in [-0.25, -0.2) is 18.5 Å². The molecule has 4 N–H and O–H groups in total. The number of primary sulfonamides is 1. The number of benzene rings is 2. The van der Waals surface area contributed by atoms with Crippen LogP contribution in [0.5, 0.6) is 0 Å². The van der Waals surface area contributed by atoms with E-state index in [4.69, 9.17) is 5.14 Å². The maximum absolute atomic E-state index is 12.2. The minimum Gasteiger partial charge on any atom is -0.352 e. The van der Waals surface area contributed by atoms with Gasteiger partial charge in [-0.1, -0.05) is 31.2 Å². The Morgan fingerprint density at radius 1 is 1.07 bits per heavy atom. The van der Waals surface area contributed by atoms with Crippen molar-refractivity contribution in [2.24, 2.45) is 5.14 Å². The van der Waals surface area contributed by atoms with Crippen molar-refractivity contribution in [1.82, 2.24) is 10.3 Å². The first-order valence-corrected chi connectivity index (χ1v) is 11.4. The molecule has 1 aromatic heterocycles. The quantitative estimate of drug-likeness (QED) is 0.508. The lowest BCUT2D eigenvalue weighted by molar-refractivity contribution is -0.120. The van der Waals surface area contributed by atoms with Crippen LogP contribution in [-0.2, 0) is 34.2 Å². The second-order valence-electron chi connectivity index (χ2n) is 6.46. The summed E-state index contributed by atoms with van der Waals surface area (Å²) in [5, 5.41) is 13.7. The molecule has 0 radical (unpaired) electrons. The molecule has 0 aliphatic carbocycles. The first kappa shape index (κ1) is 21.0. The van der Waals surface area contributed by atoms with Crippen LogP contribution in [0.3, 0.4) is 0 Å². The van der Waals surface area contributed by atoms with Gasteiger partial charge in [-0.2, -0.15) is 0 Å². The molecule has 0 saturated carbocycles. The fourth-order valence-corrected chi connectivity index (χ4v) is 3.86. The van der Waals surface area contributed by atoms with Crippen LogP contribution in [-0.4, -0.2) is 19.3 Å². The van der Waals surface area contributed by atoms with Crippen LogP contribution in [0.4, 0.5) is 10.8 Å². The molecule has 0 aliphatic rings. The van der Waals surface area contributed by atoms with E-state index in [1.165, 1.54) is 29.0 Å². The number of hydrogen-bond donors (Lipinski definition) is 3. The molecule has 3 aromatic rings. The van der Waals surface area contributed by atoms with Gasteiger partial charge in [-0.15, -0.1) is 11.3 Å². The van der Waals surface area contributed by atoms with Crippen LogP contribution < -0.4 is 15.8 Å². The number of aryl methyl sites for hydroxylation is 1. The first-order valence-electron chi connectivity index (χ1n) is 9.02. The van der Waals surface area contributed by atoms with E-state index in [2.05, 4.69) is 34.7 Å². The molecule has 1 heterocycles. The summed E-state index contributed by atoms with van der Waals surface area (Å²) in [6.07, 6.45) is 1.16. The highest BCUT2D eigenvalue weighted by atomic mass is 32.2. The summed E-state index contributed by atoms with van der Waals surface area (Å²) < 4.78 is 22.5. The van der Waals surface area contributed by atoms with Crippen LogP contribution in [0.1, 0.15) is 23.7 Å². The normalized spacial score (nSPS) is 11.2. The van der Waals surface area contributed by atoms with Crippen molar-refractivity contribution in [3.05, 3.63) is 70.7 Å². The average molecular weight is 431 g/mol. The molecule has 0 bridgehead atoms. The summed E-state index contributed by atoms with van der Waals surface area (Å²) in [4.78, 5) is 16.7. The molecule has 0 atom stereocenters. The van der Waals surface area contributed by atoms with Crippen molar-refractivity contribution in [2.75, 3.05) is 5.32 Å². The zero-order chi connectivity index (χ0) is 20.9. The molecule has 1 amide bonds. The Kier molecular flexibility index (Phi) is 6.63. The lowest BCUT2D eigenvalue weighted by Crippen LogP contribution is -2.24. The summed E-state index contributed by atoms with van der Waals surface area (Å²) in [6.45, 7) is 2.41. The van der Waals surface area contributed by atoms with Crippen molar-refractivity contribution in [3.63, 3.8) is 0 Å². The van der Waals surface area contributed by atoms with Crippen molar-refractivity contribution in [1.29, 1.82) is 0 Å². The highest BCUT2D eigenvalue weighted by molar-refractivity contribution is 7.89. The number of nitrogens with one attached hydrogen (secondary N) is 2. The van der Waals surface area contributed by atoms with Gasteiger partial charge in [0, 0.05) is 17.6 Å². The van der Waals surface area contributed by atoms with Crippen molar-refractivity contribution in [2.45, 2.75) is 31.2 Å². The highest BCUT2D eigenvalue weighted by Gasteiger charge is 2.10. The molecule has 7 nitrogen and oxygen atoms in total. The van der Waals surface area contributed by atoms with E-state index < -0.39 is 10.0 Å². The van der Waals surface area contributed by atoms with Gasteiger partial charge < -0.3 is 10.6 Å². The third-order valence-electron chi connectivity index (χ3n) is 4.25. The van der Waals surface area contributed by atoms with Gasteiger partial charge in [-0.05, 0) is 41.8 Å². The number of thiazole rings is 1. The maximum Gasteiger partial charge on any atom is 0.238 e. The number of anilines is 2. The smallest absolute Gasteiger partial charge is 0.238 e. The summed E-state index contributed by atoms with van der Waals surface area (Å²) in [5.41, 5.74) is 3.69. The second-order valence-corrected chi connectivity index (χ2v) is 8.88. The van der Waals surface area contributed by atoms with E-state index in [9.17, 15) is 13.2 Å². The number of nitrogens with two attached hydrogens (primary N) is 1. The standard InChI is InChI=1S/C20H22N4O3S2/c1-2-14-3-7-16(8-4-14)23-20-24-17(13-28-20)11-19(25)22-12-15-5-9-18(10-6-15)29(21,26)27/h3-10,13H,2,11-12H2,1H3,(H,22,25)(H,23,24)(H2,21,26,27). The molecule has 0 aliphatic heterocycles. The number of carbonyl (C=O) groups is 1. The molecule has 0 saturated heterocycles. The lowest BCUT2D eigenvalue weighted by atomic mass is 10.1. The highest BCUT2D eigenvalue weighted by Crippen LogP contribution is 2.21. The summed E-state index contributed by atoms with van der Waals surface area (Å²) in [6, 6.07) is 14.2. The largest absolute Gasteiger partial charge is 0.352 e. The SMILES string of the molecule is CCc1ccc(Nc2nc(CC(=O)NCc3ccc(S(N)(=O)=O)cc3)cs2)cc1. The fraction of sp³-hybridized carbons (Fsp3) is 0.200. The van der Waals surface area contributed by atoms with E-state index in [-0.39, 0.29) is 17.2 Å². The van der Waals surface area contributed by atoms with Gasteiger partial charge in [-0.3, -0.25) is 4.79 Å². The van der Waals surface area contributed by atoms with Crippen LogP contribution in [0.2, 0.25) is 0 Å². The molecular weight excluding hydrogens is 408 g/mol. The number of nitrogens with zero attached hydrogens (tertiary/aromatic N) is 1. The van der Waals surface area contributed by atoms with E-state index in [1.807, 2.05) is 17.5 Å². The topological polar surface area (TPSA) is 114 Å². The molecule has 2 aromatic carbocycles. The zero-order valence-electron chi connectivity index (χ0n) is 15.9. The predicted molar refractivity (Wildman–Crippen MR) is 115 cm³/mol. The van der Waals surface area contributed by atoms with Gasteiger partial charge in [0.05, 0.1) is 17.0 Å². The Labute approximate surface area is 174 Å². The Bertz CT molecular complexity index is 1080. The van der Waals surface area contributed by atoms with E-state index in [0.717, 1.165) is 22.8 Å². The molecule has 0 fully saturated rings.